The molecule has 6 heteroatoms. The van der Waals surface area contributed by atoms with Gasteiger partial charge in [0.05, 0.1) is 13.7 Å². The Balaban J connectivity index is 1.93. The van der Waals surface area contributed by atoms with Crippen molar-refractivity contribution in [2.24, 2.45) is 0 Å². The van der Waals surface area contributed by atoms with Crippen molar-refractivity contribution in [2.45, 2.75) is 32.4 Å². The number of hydrogen-bond donors (Lipinski definition) is 0. The summed E-state index contributed by atoms with van der Waals surface area (Å²) >= 11 is 6.65. The van der Waals surface area contributed by atoms with Crippen LogP contribution in [0.25, 0.3) is 0 Å². The van der Waals surface area contributed by atoms with Crippen molar-refractivity contribution in [3.63, 3.8) is 0 Å². The van der Waals surface area contributed by atoms with Gasteiger partial charge in [0.1, 0.15) is 5.75 Å². The van der Waals surface area contributed by atoms with Crippen LogP contribution in [0.15, 0.2) is 24.3 Å². The van der Waals surface area contributed by atoms with Gasteiger partial charge in [0.2, 0.25) is 10.3 Å². The lowest BCUT2D eigenvalue weighted by atomic mass is 10.2. The van der Waals surface area contributed by atoms with E-state index in [1.54, 1.807) is 7.11 Å². The summed E-state index contributed by atoms with van der Waals surface area (Å²) in [5, 5.41) is 0. The van der Waals surface area contributed by atoms with E-state index in [-0.39, 0.29) is 11.9 Å². The maximum absolute atomic E-state index is 12.1. The summed E-state index contributed by atoms with van der Waals surface area (Å²) in [6, 6.07) is 8.06. The lowest BCUT2D eigenvalue weighted by molar-refractivity contribution is -0.129. The SMILES string of the molecule is CCOC(=S)SCC1CCC(=O)N1Cc1ccc(OC)cc1. The van der Waals surface area contributed by atoms with Crippen molar-refractivity contribution in [3.05, 3.63) is 29.8 Å². The molecule has 1 aliphatic heterocycles. The molecule has 1 heterocycles. The van der Waals surface area contributed by atoms with E-state index < -0.39 is 0 Å². The van der Waals surface area contributed by atoms with E-state index in [9.17, 15) is 4.79 Å². The van der Waals surface area contributed by atoms with Crippen molar-refractivity contribution in [2.75, 3.05) is 19.5 Å². The first-order valence-corrected chi connectivity index (χ1v) is 8.75. The molecule has 4 nitrogen and oxygen atoms in total. The van der Waals surface area contributed by atoms with Crippen LogP contribution in [0.1, 0.15) is 25.3 Å². The monoisotopic (exact) mass is 339 g/mol. The fourth-order valence-corrected chi connectivity index (χ4v) is 3.63. The Labute approximate surface area is 141 Å². The predicted molar refractivity (Wildman–Crippen MR) is 93.2 cm³/mol. The van der Waals surface area contributed by atoms with Crippen LogP contribution < -0.4 is 4.74 Å². The summed E-state index contributed by atoms with van der Waals surface area (Å²) in [4.78, 5) is 14.1. The van der Waals surface area contributed by atoms with Crippen molar-refractivity contribution < 1.29 is 14.3 Å². The molecule has 1 atom stereocenters. The van der Waals surface area contributed by atoms with Gasteiger partial charge in [0.15, 0.2) is 0 Å². The van der Waals surface area contributed by atoms with Gasteiger partial charge >= 0.3 is 0 Å². The van der Waals surface area contributed by atoms with Gasteiger partial charge in [0, 0.05) is 24.8 Å². The largest absolute Gasteiger partial charge is 0.497 e. The number of rotatable bonds is 6. The van der Waals surface area contributed by atoms with Crippen LogP contribution in [0, 0.1) is 0 Å². The van der Waals surface area contributed by atoms with Crippen molar-refractivity contribution in [3.8, 4) is 5.75 Å². The standard InChI is InChI=1S/C16H21NO3S2/c1-3-20-16(21)22-11-13-6-9-15(18)17(13)10-12-4-7-14(19-2)8-5-12/h4-5,7-8,13H,3,6,9-11H2,1-2H3. The Morgan fingerprint density at radius 3 is 2.77 bits per heavy atom. The maximum atomic E-state index is 12.1. The zero-order valence-corrected chi connectivity index (χ0v) is 14.5. The highest BCUT2D eigenvalue weighted by Crippen LogP contribution is 2.25. The van der Waals surface area contributed by atoms with Crippen molar-refractivity contribution in [1.29, 1.82) is 0 Å². The van der Waals surface area contributed by atoms with Crippen LogP contribution in [0.3, 0.4) is 0 Å². The lowest BCUT2D eigenvalue weighted by Gasteiger charge is -2.24. The van der Waals surface area contributed by atoms with Crippen LogP contribution in [-0.4, -0.2) is 40.7 Å². The molecule has 120 valence electrons. The Kier molecular flexibility index (Phi) is 6.51. The first kappa shape index (κ1) is 17.1. The number of carbonyl (C=O) groups excluding carboxylic acids is 1. The number of nitrogens with zero attached hydrogens (tertiary/aromatic N) is 1. The molecule has 1 fully saturated rings. The molecule has 1 unspecified atom stereocenters. The minimum atomic E-state index is 0.212. The highest BCUT2D eigenvalue weighted by atomic mass is 32.2. The third-order valence-corrected chi connectivity index (χ3v) is 5.00. The van der Waals surface area contributed by atoms with E-state index in [1.165, 1.54) is 11.8 Å². The summed E-state index contributed by atoms with van der Waals surface area (Å²) in [6.07, 6.45) is 1.50. The summed E-state index contributed by atoms with van der Waals surface area (Å²) in [5.41, 5.74) is 1.11. The Morgan fingerprint density at radius 1 is 1.41 bits per heavy atom. The predicted octanol–water partition coefficient (Wildman–Crippen LogP) is 3.24. The molecule has 0 bridgehead atoms. The van der Waals surface area contributed by atoms with Gasteiger partial charge in [-0.05, 0) is 43.3 Å². The van der Waals surface area contributed by atoms with E-state index >= 15 is 0 Å². The molecule has 22 heavy (non-hydrogen) atoms. The van der Waals surface area contributed by atoms with Gasteiger partial charge < -0.3 is 14.4 Å². The summed E-state index contributed by atoms with van der Waals surface area (Å²) in [5.74, 6) is 1.83. The summed E-state index contributed by atoms with van der Waals surface area (Å²) in [7, 11) is 1.65. The molecular weight excluding hydrogens is 318 g/mol. The number of carbonyl (C=O) groups is 1. The average Bonchev–Trinajstić information content (AvgIpc) is 2.87. The molecule has 1 amide bonds. The number of amides is 1. The van der Waals surface area contributed by atoms with E-state index in [1.807, 2.05) is 36.1 Å². The molecule has 1 aromatic carbocycles. The third kappa shape index (κ3) is 4.61. The minimum absolute atomic E-state index is 0.212. The maximum Gasteiger partial charge on any atom is 0.223 e. The highest BCUT2D eigenvalue weighted by Gasteiger charge is 2.31. The normalized spacial score (nSPS) is 17.6. The minimum Gasteiger partial charge on any atom is -0.497 e. The average molecular weight is 339 g/mol. The molecule has 1 saturated heterocycles. The van der Waals surface area contributed by atoms with Crippen molar-refractivity contribution in [1.82, 2.24) is 4.90 Å². The molecular formula is C16H21NO3S2. The van der Waals surface area contributed by atoms with Gasteiger partial charge in [-0.2, -0.15) is 0 Å². The van der Waals surface area contributed by atoms with Gasteiger partial charge in [-0.3, -0.25) is 4.79 Å². The third-order valence-electron chi connectivity index (χ3n) is 3.62. The quantitative estimate of drug-likeness (QED) is 0.744. The zero-order valence-electron chi connectivity index (χ0n) is 12.9. The number of ether oxygens (including phenoxy) is 2. The van der Waals surface area contributed by atoms with E-state index in [2.05, 4.69) is 0 Å². The summed E-state index contributed by atoms with van der Waals surface area (Å²) < 4.78 is 11.0. The second-order valence-electron chi connectivity index (χ2n) is 5.06. The molecule has 0 spiro atoms. The van der Waals surface area contributed by atoms with Crippen LogP contribution in [-0.2, 0) is 16.1 Å². The number of benzene rings is 1. The molecule has 1 aromatic rings. The molecule has 0 saturated carbocycles. The Hall–Kier alpha value is -1.27. The molecule has 0 aliphatic carbocycles. The Bertz CT molecular complexity index is 519. The van der Waals surface area contributed by atoms with Crippen LogP contribution in [0.5, 0.6) is 5.75 Å². The first-order chi connectivity index (χ1) is 10.6. The highest BCUT2D eigenvalue weighted by molar-refractivity contribution is 8.22. The lowest BCUT2D eigenvalue weighted by Crippen LogP contribution is -2.34. The molecule has 0 N–H and O–H groups in total. The van der Waals surface area contributed by atoms with E-state index in [0.717, 1.165) is 23.5 Å². The first-order valence-electron chi connectivity index (χ1n) is 7.36. The second kappa shape index (κ2) is 8.39. The fourth-order valence-electron chi connectivity index (χ4n) is 2.44. The Morgan fingerprint density at radius 2 is 2.14 bits per heavy atom. The smallest absolute Gasteiger partial charge is 0.223 e. The molecule has 1 aliphatic rings. The number of thiocarbonyl (C=S) groups is 1. The van der Waals surface area contributed by atoms with Gasteiger partial charge in [-0.15, -0.1) is 0 Å². The van der Waals surface area contributed by atoms with E-state index in [4.69, 9.17) is 21.7 Å². The second-order valence-corrected chi connectivity index (χ2v) is 6.68. The number of likely N-dealkylation sites (tertiary alicyclic amines) is 1. The van der Waals surface area contributed by atoms with Crippen molar-refractivity contribution >= 4 is 34.3 Å². The fraction of sp³-hybridized carbons (Fsp3) is 0.500. The topological polar surface area (TPSA) is 38.8 Å². The summed E-state index contributed by atoms with van der Waals surface area (Å²) in [6.45, 7) is 3.14. The molecule has 0 aromatic heterocycles. The van der Waals surface area contributed by atoms with Crippen LogP contribution >= 0.6 is 24.0 Å². The van der Waals surface area contributed by atoms with Gasteiger partial charge in [0.25, 0.3) is 0 Å². The number of hydrogen-bond acceptors (Lipinski definition) is 5. The van der Waals surface area contributed by atoms with Gasteiger partial charge in [-0.25, -0.2) is 0 Å². The number of methoxy groups -OCH3 is 1. The van der Waals surface area contributed by atoms with Crippen LogP contribution in [0.4, 0.5) is 0 Å². The number of thioether (sulfide) groups is 1. The van der Waals surface area contributed by atoms with Crippen LogP contribution in [0.2, 0.25) is 0 Å². The van der Waals surface area contributed by atoms with E-state index in [0.29, 0.717) is 24.0 Å². The molecule has 0 radical (unpaired) electrons. The molecule has 2 rings (SSSR count). The van der Waals surface area contributed by atoms with Gasteiger partial charge in [-0.1, -0.05) is 23.9 Å². The zero-order chi connectivity index (χ0) is 15.9.